The highest BCUT2D eigenvalue weighted by atomic mass is 16.3. The molecule has 0 bridgehead atoms. The van der Waals surface area contributed by atoms with E-state index in [4.69, 9.17) is 0 Å². The number of aliphatic hydroxyl groups is 1. The summed E-state index contributed by atoms with van der Waals surface area (Å²) in [6.07, 6.45) is 10.5. The lowest BCUT2D eigenvalue weighted by molar-refractivity contribution is -0.0208. The Morgan fingerprint density at radius 2 is 1.72 bits per heavy atom. The van der Waals surface area contributed by atoms with Crippen molar-refractivity contribution in [3.05, 3.63) is 30.1 Å². The molecule has 1 N–H and O–H groups in total. The Morgan fingerprint density at radius 1 is 1.11 bits per heavy atom. The van der Waals surface area contributed by atoms with Gasteiger partial charge in [-0.2, -0.15) is 0 Å². The molecule has 0 aliphatic heterocycles. The van der Waals surface area contributed by atoms with Crippen LogP contribution in [0.5, 0.6) is 0 Å². The summed E-state index contributed by atoms with van der Waals surface area (Å²) in [5.41, 5.74) is 0.304. The van der Waals surface area contributed by atoms with Gasteiger partial charge in [-0.25, -0.2) is 0 Å². The molecule has 0 fully saturated rings. The van der Waals surface area contributed by atoms with E-state index < -0.39 is 5.60 Å². The van der Waals surface area contributed by atoms with E-state index in [1.807, 2.05) is 12.1 Å². The van der Waals surface area contributed by atoms with Gasteiger partial charge in [-0.1, -0.05) is 52.9 Å². The van der Waals surface area contributed by atoms with Crippen molar-refractivity contribution in [2.24, 2.45) is 5.92 Å². The maximum Gasteiger partial charge on any atom is 0.0920 e. The van der Waals surface area contributed by atoms with E-state index in [2.05, 4.69) is 25.8 Å². The molecule has 0 aliphatic rings. The van der Waals surface area contributed by atoms with Crippen molar-refractivity contribution in [1.29, 1.82) is 0 Å². The van der Waals surface area contributed by atoms with E-state index in [9.17, 15) is 5.11 Å². The van der Waals surface area contributed by atoms with Gasteiger partial charge in [-0.3, -0.25) is 4.98 Å². The van der Waals surface area contributed by atoms with Gasteiger partial charge in [0.15, 0.2) is 0 Å². The van der Waals surface area contributed by atoms with Crippen LogP contribution in [0.15, 0.2) is 24.5 Å². The summed E-state index contributed by atoms with van der Waals surface area (Å²) in [6, 6.07) is 3.87. The van der Waals surface area contributed by atoms with E-state index in [-0.39, 0.29) is 5.92 Å². The highest BCUT2D eigenvalue weighted by molar-refractivity contribution is 5.19. The molecule has 1 atom stereocenters. The molecule has 1 unspecified atom stereocenters. The molecule has 2 heteroatoms. The lowest BCUT2D eigenvalue weighted by atomic mass is 9.80. The van der Waals surface area contributed by atoms with Crippen molar-refractivity contribution in [2.75, 3.05) is 0 Å². The molecule has 0 aromatic carbocycles. The number of unbranched alkanes of at least 4 members (excludes halogenated alkanes) is 4. The van der Waals surface area contributed by atoms with Gasteiger partial charge in [0.25, 0.3) is 0 Å². The standard InChI is InChI=1S/C16H27NO/c1-4-5-6-7-8-11-16(18,14(2)3)15-9-12-17-13-10-15/h9-10,12-14,18H,4-8,11H2,1-3H3. The highest BCUT2D eigenvalue weighted by Gasteiger charge is 2.32. The van der Waals surface area contributed by atoms with Gasteiger partial charge in [-0.15, -0.1) is 0 Å². The van der Waals surface area contributed by atoms with E-state index in [0.717, 1.165) is 18.4 Å². The van der Waals surface area contributed by atoms with Crippen LogP contribution in [0, 0.1) is 5.92 Å². The highest BCUT2D eigenvalue weighted by Crippen LogP contribution is 2.34. The van der Waals surface area contributed by atoms with E-state index in [1.165, 1.54) is 25.7 Å². The molecule has 18 heavy (non-hydrogen) atoms. The molecular weight excluding hydrogens is 222 g/mol. The third-order valence-corrected chi connectivity index (χ3v) is 3.80. The Morgan fingerprint density at radius 3 is 2.28 bits per heavy atom. The minimum absolute atomic E-state index is 0.228. The summed E-state index contributed by atoms with van der Waals surface area (Å²) < 4.78 is 0. The second kappa shape index (κ2) is 7.52. The quantitative estimate of drug-likeness (QED) is 0.697. The Kier molecular flexibility index (Phi) is 6.34. The van der Waals surface area contributed by atoms with Crippen molar-refractivity contribution < 1.29 is 5.11 Å². The maximum atomic E-state index is 10.9. The zero-order valence-electron chi connectivity index (χ0n) is 12.0. The second-order valence-electron chi connectivity index (χ2n) is 5.48. The Balaban J connectivity index is 2.59. The second-order valence-corrected chi connectivity index (χ2v) is 5.48. The van der Waals surface area contributed by atoms with Crippen LogP contribution in [0.2, 0.25) is 0 Å². The van der Waals surface area contributed by atoms with Crippen LogP contribution in [0.4, 0.5) is 0 Å². The molecule has 1 heterocycles. The minimum atomic E-state index is -0.699. The molecule has 0 aliphatic carbocycles. The monoisotopic (exact) mass is 249 g/mol. The molecule has 0 amide bonds. The van der Waals surface area contributed by atoms with E-state index >= 15 is 0 Å². The first-order valence-electron chi connectivity index (χ1n) is 7.24. The van der Waals surface area contributed by atoms with Crippen molar-refractivity contribution >= 4 is 0 Å². The number of hydrogen-bond donors (Lipinski definition) is 1. The average molecular weight is 249 g/mol. The molecule has 0 spiro atoms. The van der Waals surface area contributed by atoms with Gasteiger partial charge < -0.3 is 5.11 Å². The van der Waals surface area contributed by atoms with Crippen molar-refractivity contribution in [2.45, 2.75) is 64.9 Å². The summed E-state index contributed by atoms with van der Waals surface area (Å²) in [6.45, 7) is 6.40. The maximum absolute atomic E-state index is 10.9. The first-order chi connectivity index (χ1) is 8.61. The summed E-state index contributed by atoms with van der Waals surface area (Å²) in [5.74, 6) is 0.228. The summed E-state index contributed by atoms with van der Waals surface area (Å²) in [4.78, 5) is 4.03. The predicted molar refractivity (Wildman–Crippen MR) is 76.3 cm³/mol. The third kappa shape index (κ3) is 4.09. The van der Waals surface area contributed by atoms with E-state index in [1.54, 1.807) is 12.4 Å². The lowest BCUT2D eigenvalue weighted by Crippen LogP contribution is -2.32. The normalized spacial score (nSPS) is 14.7. The zero-order valence-corrected chi connectivity index (χ0v) is 12.0. The molecule has 1 aromatic heterocycles. The van der Waals surface area contributed by atoms with Crippen molar-refractivity contribution in [3.8, 4) is 0 Å². The number of rotatable bonds is 8. The Bertz CT molecular complexity index is 323. The molecule has 102 valence electrons. The SMILES string of the molecule is CCCCCCCC(O)(c1ccncc1)C(C)C. The smallest absolute Gasteiger partial charge is 0.0920 e. The number of nitrogens with zero attached hydrogens (tertiary/aromatic N) is 1. The summed E-state index contributed by atoms with van der Waals surface area (Å²) >= 11 is 0. The van der Waals surface area contributed by atoms with Crippen LogP contribution in [0.25, 0.3) is 0 Å². The fourth-order valence-electron chi connectivity index (χ4n) is 2.40. The van der Waals surface area contributed by atoms with Gasteiger partial charge in [0.1, 0.15) is 0 Å². The van der Waals surface area contributed by atoms with Gasteiger partial charge >= 0.3 is 0 Å². The van der Waals surface area contributed by atoms with Gasteiger partial charge in [0, 0.05) is 12.4 Å². The average Bonchev–Trinajstić information content (AvgIpc) is 2.39. The van der Waals surface area contributed by atoms with Crippen LogP contribution in [-0.2, 0) is 5.60 Å². The van der Waals surface area contributed by atoms with Gasteiger partial charge in [-0.05, 0) is 30.0 Å². The molecule has 1 rings (SSSR count). The van der Waals surface area contributed by atoms with Crippen LogP contribution in [0.1, 0.15) is 64.9 Å². The van der Waals surface area contributed by atoms with Gasteiger partial charge in [0.2, 0.25) is 0 Å². The predicted octanol–water partition coefficient (Wildman–Crippen LogP) is 4.29. The van der Waals surface area contributed by atoms with Crippen molar-refractivity contribution in [1.82, 2.24) is 4.98 Å². The number of aromatic nitrogens is 1. The van der Waals surface area contributed by atoms with Crippen LogP contribution in [-0.4, -0.2) is 10.1 Å². The largest absolute Gasteiger partial charge is 0.385 e. The molecule has 0 saturated heterocycles. The molecular formula is C16H27NO. The fraction of sp³-hybridized carbons (Fsp3) is 0.688. The van der Waals surface area contributed by atoms with E-state index in [0.29, 0.717) is 0 Å². The van der Waals surface area contributed by atoms with Crippen LogP contribution < -0.4 is 0 Å². The Hall–Kier alpha value is -0.890. The zero-order chi connectivity index (χ0) is 13.4. The molecule has 0 saturated carbocycles. The molecule has 0 radical (unpaired) electrons. The van der Waals surface area contributed by atoms with Crippen LogP contribution in [0.3, 0.4) is 0 Å². The summed E-state index contributed by atoms with van der Waals surface area (Å²) in [5, 5.41) is 10.9. The molecule has 1 aromatic rings. The van der Waals surface area contributed by atoms with Crippen LogP contribution >= 0.6 is 0 Å². The van der Waals surface area contributed by atoms with Gasteiger partial charge in [0.05, 0.1) is 5.60 Å². The first-order valence-corrected chi connectivity index (χ1v) is 7.24. The minimum Gasteiger partial charge on any atom is -0.385 e. The lowest BCUT2D eigenvalue weighted by Gasteiger charge is -2.33. The fourth-order valence-corrected chi connectivity index (χ4v) is 2.40. The van der Waals surface area contributed by atoms with Crippen molar-refractivity contribution in [3.63, 3.8) is 0 Å². The topological polar surface area (TPSA) is 33.1 Å². The first kappa shape index (κ1) is 15.2. The number of hydrogen-bond acceptors (Lipinski definition) is 2. The summed E-state index contributed by atoms with van der Waals surface area (Å²) in [7, 11) is 0. The third-order valence-electron chi connectivity index (χ3n) is 3.80. The Labute approximate surface area is 111 Å². The number of pyridine rings is 1. The molecule has 2 nitrogen and oxygen atoms in total.